The number of ether oxygens (including phenoxy) is 1. The lowest BCUT2D eigenvalue weighted by atomic mass is 10.2. The fraction of sp³-hybridized carbons (Fsp3) is 0.111. The van der Waals surface area contributed by atoms with Crippen LogP contribution in [0.3, 0.4) is 0 Å². The molecular formula is C18H15FN6O2S. The van der Waals surface area contributed by atoms with E-state index in [2.05, 4.69) is 20.3 Å². The van der Waals surface area contributed by atoms with Crippen LogP contribution in [0.15, 0.2) is 58.2 Å². The van der Waals surface area contributed by atoms with Gasteiger partial charge in [-0.1, -0.05) is 29.1 Å². The van der Waals surface area contributed by atoms with Crippen molar-refractivity contribution in [2.24, 2.45) is 0 Å². The van der Waals surface area contributed by atoms with Crippen molar-refractivity contribution in [1.29, 1.82) is 0 Å². The molecule has 4 aromatic rings. The maximum absolute atomic E-state index is 13.4. The average Bonchev–Trinajstić information content (AvgIpc) is 3.33. The molecule has 0 fully saturated rings. The van der Waals surface area contributed by atoms with Gasteiger partial charge in [0.15, 0.2) is 5.82 Å². The van der Waals surface area contributed by atoms with Gasteiger partial charge in [-0.2, -0.15) is 4.98 Å². The molecule has 0 spiro atoms. The molecule has 0 aliphatic heterocycles. The Kier molecular flexibility index (Phi) is 4.94. The number of thioether (sulfide) groups is 1. The van der Waals surface area contributed by atoms with Gasteiger partial charge in [0.2, 0.25) is 16.9 Å². The summed E-state index contributed by atoms with van der Waals surface area (Å²) in [6.07, 6.45) is 0. The van der Waals surface area contributed by atoms with Crippen LogP contribution in [-0.2, 0) is 5.75 Å². The number of hydrogen-bond acceptors (Lipinski definition) is 8. The standard InChI is InChI=1S/C18H15FN6O2S/c1-26-14-7-5-11(6-8-14)16-21-15(27-24-16)10-28-18-23-22-17(25(18)20)12-3-2-4-13(19)9-12/h2-9H,10,20H2,1H3. The van der Waals surface area contributed by atoms with E-state index in [-0.39, 0.29) is 5.82 Å². The molecule has 142 valence electrons. The summed E-state index contributed by atoms with van der Waals surface area (Å²) in [7, 11) is 1.61. The van der Waals surface area contributed by atoms with Crippen molar-refractivity contribution in [3.8, 4) is 28.5 Å². The number of hydrogen-bond donors (Lipinski definition) is 1. The quantitative estimate of drug-likeness (QED) is 0.390. The second kappa shape index (κ2) is 7.69. The number of nitrogen functional groups attached to an aromatic ring is 1. The van der Waals surface area contributed by atoms with Crippen molar-refractivity contribution in [3.05, 3.63) is 60.2 Å². The Balaban J connectivity index is 1.46. The molecule has 2 heterocycles. The van der Waals surface area contributed by atoms with E-state index in [1.54, 1.807) is 19.2 Å². The van der Waals surface area contributed by atoms with Gasteiger partial charge in [-0.15, -0.1) is 10.2 Å². The van der Waals surface area contributed by atoms with E-state index in [0.29, 0.717) is 34.0 Å². The molecule has 2 aromatic heterocycles. The molecule has 2 N–H and O–H groups in total. The van der Waals surface area contributed by atoms with E-state index in [1.165, 1.54) is 28.6 Å². The van der Waals surface area contributed by atoms with Gasteiger partial charge < -0.3 is 15.1 Å². The van der Waals surface area contributed by atoms with Crippen LogP contribution in [0.2, 0.25) is 0 Å². The second-order valence-corrected chi connectivity index (χ2v) is 6.66. The Bertz CT molecular complexity index is 1100. The summed E-state index contributed by atoms with van der Waals surface area (Å²) >= 11 is 1.29. The molecule has 0 aliphatic carbocycles. The highest BCUT2D eigenvalue weighted by molar-refractivity contribution is 7.98. The summed E-state index contributed by atoms with van der Waals surface area (Å²) in [5.74, 6) is 8.06. The molecule has 0 radical (unpaired) electrons. The van der Waals surface area contributed by atoms with E-state index in [0.717, 1.165) is 11.3 Å². The van der Waals surface area contributed by atoms with Gasteiger partial charge >= 0.3 is 0 Å². The van der Waals surface area contributed by atoms with Crippen LogP contribution in [0, 0.1) is 5.82 Å². The minimum absolute atomic E-state index is 0.363. The molecular weight excluding hydrogens is 383 g/mol. The van der Waals surface area contributed by atoms with Gasteiger partial charge in [0.1, 0.15) is 11.6 Å². The van der Waals surface area contributed by atoms with Crippen LogP contribution >= 0.6 is 11.8 Å². The van der Waals surface area contributed by atoms with Crippen molar-refractivity contribution in [2.75, 3.05) is 13.0 Å². The summed E-state index contributed by atoms with van der Waals surface area (Å²) in [6.45, 7) is 0. The van der Waals surface area contributed by atoms with Gasteiger partial charge in [0.25, 0.3) is 0 Å². The first-order valence-electron chi connectivity index (χ1n) is 8.20. The fourth-order valence-electron chi connectivity index (χ4n) is 2.50. The molecule has 0 aliphatic rings. The molecule has 0 atom stereocenters. The van der Waals surface area contributed by atoms with E-state index in [4.69, 9.17) is 15.1 Å². The number of halogens is 1. The van der Waals surface area contributed by atoms with Crippen LogP contribution < -0.4 is 10.6 Å². The molecule has 4 rings (SSSR count). The zero-order valence-corrected chi connectivity index (χ0v) is 15.6. The molecule has 0 unspecified atom stereocenters. The number of benzene rings is 2. The SMILES string of the molecule is COc1ccc(-c2noc(CSc3nnc(-c4cccc(F)c4)n3N)n2)cc1. The highest BCUT2D eigenvalue weighted by atomic mass is 32.2. The second-order valence-electron chi connectivity index (χ2n) is 5.72. The maximum atomic E-state index is 13.4. The van der Waals surface area contributed by atoms with E-state index in [9.17, 15) is 4.39 Å². The summed E-state index contributed by atoms with van der Waals surface area (Å²) in [6, 6.07) is 13.4. The highest BCUT2D eigenvalue weighted by Gasteiger charge is 2.15. The van der Waals surface area contributed by atoms with E-state index >= 15 is 0 Å². The molecule has 0 bridgehead atoms. The first kappa shape index (κ1) is 18.0. The van der Waals surface area contributed by atoms with Crippen molar-refractivity contribution < 1.29 is 13.7 Å². The predicted octanol–water partition coefficient (Wildman–Crippen LogP) is 3.15. The van der Waals surface area contributed by atoms with Crippen LogP contribution in [0.4, 0.5) is 4.39 Å². The summed E-state index contributed by atoms with van der Waals surface area (Å²) in [5, 5.41) is 12.5. The third-order valence-electron chi connectivity index (χ3n) is 3.89. The molecule has 10 heteroatoms. The van der Waals surface area contributed by atoms with Gasteiger partial charge in [0, 0.05) is 11.1 Å². The maximum Gasteiger partial charge on any atom is 0.237 e. The molecule has 2 aromatic carbocycles. The van der Waals surface area contributed by atoms with Crippen LogP contribution in [0.1, 0.15) is 5.89 Å². The zero-order chi connectivity index (χ0) is 19.5. The number of nitrogens with zero attached hydrogens (tertiary/aromatic N) is 5. The Morgan fingerprint density at radius 2 is 1.96 bits per heavy atom. The Morgan fingerprint density at radius 1 is 1.14 bits per heavy atom. The van der Waals surface area contributed by atoms with E-state index < -0.39 is 0 Å². The molecule has 0 saturated carbocycles. The highest BCUT2D eigenvalue weighted by Crippen LogP contribution is 2.25. The largest absolute Gasteiger partial charge is 0.497 e. The van der Waals surface area contributed by atoms with Crippen molar-refractivity contribution in [3.63, 3.8) is 0 Å². The van der Waals surface area contributed by atoms with Crippen molar-refractivity contribution in [2.45, 2.75) is 10.9 Å². The number of methoxy groups -OCH3 is 1. The number of nitrogens with two attached hydrogens (primary N) is 1. The fourth-order valence-corrected chi connectivity index (χ4v) is 3.19. The van der Waals surface area contributed by atoms with E-state index in [1.807, 2.05) is 24.3 Å². The van der Waals surface area contributed by atoms with Crippen molar-refractivity contribution >= 4 is 11.8 Å². The first-order chi connectivity index (χ1) is 13.6. The lowest BCUT2D eigenvalue weighted by molar-refractivity contribution is 0.391. The summed E-state index contributed by atoms with van der Waals surface area (Å²) < 4.78 is 25.1. The number of rotatable bonds is 6. The normalized spacial score (nSPS) is 10.9. The Hall–Kier alpha value is -3.40. The minimum Gasteiger partial charge on any atom is -0.497 e. The lowest BCUT2D eigenvalue weighted by Crippen LogP contribution is -2.11. The first-order valence-corrected chi connectivity index (χ1v) is 9.19. The molecule has 28 heavy (non-hydrogen) atoms. The minimum atomic E-state index is -0.369. The third-order valence-corrected chi connectivity index (χ3v) is 4.82. The average molecular weight is 398 g/mol. The van der Waals surface area contributed by atoms with Crippen molar-refractivity contribution in [1.82, 2.24) is 25.0 Å². The number of aromatic nitrogens is 5. The van der Waals surface area contributed by atoms with Crippen LogP contribution in [0.25, 0.3) is 22.8 Å². The van der Waals surface area contributed by atoms with Gasteiger partial charge in [0.05, 0.1) is 12.9 Å². The Morgan fingerprint density at radius 3 is 2.71 bits per heavy atom. The van der Waals surface area contributed by atoms with Crippen LogP contribution in [-0.4, -0.2) is 32.1 Å². The topological polar surface area (TPSA) is 105 Å². The molecule has 0 saturated heterocycles. The summed E-state index contributed by atoms with van der Waals surface area (Å²) in [5.41, 5.74) is 1.36. The molecule has 8 nitrogen and oxygen atoms in total. The van der Waals surface area contributed by atoms with Crippen LogP contribution in [0.5, 0.6) is 5.75 Å². The third kappa shape index (κ3) is 3.67. The monoisotopic (exact) mass is 398 g/mol. The Labute approximate surface area is 163 Å². The van der Waals surface area contributed by atoms with Gasteiger partial charge in [-0.05, 0) is 36.4 Å². The lowest BCUT2D eigenvalue weighted by Gasteiger charge is -2.02. The van der Waals surface area contributed by atoms with Gasteiger partial charge in [-0.25, -0.2) is 9.07 Å². The summed E-state index contributed by atoms with van der Waals surface area (Å²) in [4.78, 5) is 4.37. The predicted molar refractivity (Wildman–Crippen MR) is 101 cm³/mol. The van der Waals surface area contributed by atoms with Gasteiger partial charge in [-0.3, -0.25) is 0 Å². The molecule has 0 amide bonds. The zero-order valence-electron chi connectivity index (χ0n) is 14.7. The smallest absolute Gasteiger partial charge is 0.237 e.